The van der Waals surface area contributed by atoms with Crippen LogP contribution in [0.25, 0.3) is 44.5 Å². The predicted octanol–water partition coefficient (Wildman–Crippen LogP) is 11.4. The van der Waals surface area contributed by atoms with Gasteiger partial charge in [0, 0.05) is 23.4 Å². The first-order valence-electron chi connectivity index (χ1n) is 16.5. The fraction of sp³-hybridized carbons (Fsp3) is 0.109. The molecule has 0 saturated heterocycles. The summed E-state index contributed by atoms with van der Waals surface area (Å²) < 4.78 is 0. The van der Waals surface area contributed by atoms with Gasteiger partial charge in [-0.05, 0) is 97.4 Å². The Morgan fingerprint density at radius 2 is 0.872 bits per heavy atom. The average molecular weight is 602 g/mol. The molecule has 0 fully saturated rings. The number of hydrogen-bond acceptors (Lipinski definition) is 1. The zero-order valence-corrected chi connectivity index (χ0v) is 27.0. The standard InChI is InChI=1S/C46H35N/c1-30-25-39-43-41(26-30)46(37-20-16-33(17-21-37)31-11-6-4-7-12-31,38-22-18-34(19-23-38)32-13-8-5-9-14-32)42-28-36(35-15-10-24-47-29-35)27-40(44(42)43)45(39,2)3/h4-29H,1-3H3. The first-order chi connectivity index (χ1) is 23.0. The van der Waals surface area contributed by atoms with E-state index in [1.165, 1.54) is 77.9 Å². The molecule has 0 N–H and O–H groups in total. The van der Waals surface area contributed by atoms with E-state index in [-0.39, 0.29) is 5.41 Å². The van der Waals surface area contributed by atoms with Gasteiger partial charge in [0.2, 0.25) is 0 Å². The van der Waals surface area contributed by atoms with E-state index in [4.69, 9.17) is 0 Å². The van der Waals surface area contributed by atoms with Crippen LogP contribution in [0.1, 0.15) is 52.8 Å². The molecule has 224 valence electrons. The summed E-state index contributed by atoms with van der Waals surface area (Å²) >= 11 is 0. The van der Waals surface area contributed by atoms with Crippen molar-refractivity contribution in [2.45, 2.75) is 31.6 Å². The third-order valence-corrected chi connectivity index (χ3v) is 10.7. The molecular weight excluding hydrogens is 567 g/mol. The highest BCUT2D eigenvalue weighted by Crippen LogP contribution is 2.65. The van der Waals surface area contributed by atoms with E-state index in [0.29, 0.717) is 0 Å². The molecule has 47 heavy (non-hydrogen) atoms. The van der Waals surface area contributed by atoms with Crippen molar-refractivity contribution < 1.29 is 0 Å². The van der Waals surface area contributed by atoms with Crippen LogP contribution >= 0.6 is 0 Å². The summed E-state index contributed by atoms with van der Waals surface area (Å²) in [5.41, 5.74) is 19.0. The number of nitrogens with zero attached hydrogens (tertiary/aromatic N) is 1. The smallest absolute Gasteiger partial charge is 0.0714 e. The van der Waals surface area contributed by atoms with Crippen molar-refractivity contribution in [2.24, 2.45) is 0 Å². The second-order valence-corrected chi connectivity index (χ2v) is 13.7. The summed E-state index contributed by atoms with van der Waals surface area (Å²) in [5, 5.41) is 0. The monoisotopic (exact) mass is 601 g/mol. The molecular formula is C46H35N. The molecule has 0 unspecified atom stereocenters. The molecule has 1 nitrogen and oxygen atoms in total. The molecule has 7 aromatic rings. The van der Waals surface area contributed by atoms with Crippen LogP contribution in [0.2, 0.25) is 0 Å². The van der Waals surface area contributed by atoms with Gasteiger partial charge in [-0.3, -0.25) is 4.98 Å². The Bertz CT molecular complexity index is 2200. The van der Waals surface area contributed by atoms with Gasteiger partial charge < -0.3 is 0 Å². The van der Waals surface area contributed by atoms with Crippen LogP contribution in [-0.2, 0) is 10.8 Å². The average Bonchev–Trinajstić information content (AvgIpc) is 3.54. The van der Waals surface area contributed by atoms with Gasteiger partial charge in [0.25, 0.3) is 0 Å². The van der Waals surface area contributed by atoms with Crippen molar-refractivity contribution in [3.63, 3.8) is 0 Å². The molecule has 2 aliphatic rings. The van der Waals surface area contributed by atoms with Crippen LogP contribution in [0.15, 0.2) is 158 Å². The molecule has 0 saturated carbocycles. The van der Waals surface area contributed by atoms with Crippen LogP contribution < -0.4 is 0 Å². The van der Waals surface area contributed by atoms with Crippen LogP contribution in [0, 0.1) is 6.92 Å². The van der Waals surface area contributed by atoms with E-state index in [9.17, 15) is 0 Å². The lowest BCUT2D eigenvalue weighted by atomic mass is 9.65. The van der Waals surface area contributed by atoms with Crippen molar-refractivity contribution in [3.05, 3.63) is 197 Å². The molecule has 9 rings (SSSR count). The topological polar surface area (TPSA) is 12.9 Å². The van der Waals surface area contributed by atoms with E-state index < -0.39 is 5.41 Å². The Kier molecular flexibility index (Phi) is 6.05. The minimum atomic E-state index is -0.487. The maximum atomic E-state index is 4.52. The zero-order valence-electron chi connectivity index (χ0n) is 27.0. The highest BCUT2D eigenvalue weighted by Gasteiger charge is 2.53. The Hall–Kier alpha value is -5.53. The van der Waals surface area contributed by atoms with Crippen molar-refractivity contribution in [3.8, 4) is 44.5 Å². The molecule has 1 aromatic heterocycles. The van der Waals surface area contributed by atoms with E-state index in [2.05, 4.69) is 165 Å². The summed E-state index contributed by atoms with van der Waals surface area (Å²) in [5.74, 6) is 0. The Labute approximate surface area is 277 Å². The molecule has 1 heterocycles. The number of benzene rings is 6. The maximum Gasteiger partial charge on any atom is 0.0714 e. The fourth-order valence-corrected chi connectivity index (χ4v) is 8.41. The highest BCUT2D eigenvalue weighted by atomic mass is 14.6. The van der Waals surface area contributed by atoms with Crippen LogP contribution in [0.4, 0.5) is 0 Å². The lowest BCUT2D eigenvalue weighted by Crippen LogP contribution is -2.30. The molecule has 0 aliphatic heterocycles. The van der Waals surface area contributed by atoms with Crippen molar-refractivity contribution in [1.82, 2.24) is 4.98 Å². The van der Waals surface area contributed by atoms with Crippen molar-refractivity contribution in [2.75, 3.05) is 0 Å². The lowest BCUT2D eigenvalue weighted by molar-refractivity contribution is 0.651. The van der Waals surface area contributed by atoms with E-state index in [1.807, 2.05) is 18.5 Å². The quantitative estimate of drug-likeness (QED) is 0.191. The minimum Gasteiger partial charge on any atom is -0.264 e. The Balaban J connectivity index is 1.37. The van der Waals surface area contributed by atoms with Gasteiger partial charge in [-0.25, -0.2) is 0 Å². The van der Waals surface area contributed by atoms with Gasteiger partial charge in [-0.2, -0.15) is 0 Å². The summed E-state index contributed by atoms with van der Waals surface area (Å²) in [6, 6.07) is 54.1. The second kappa shape index (κ2) is 10.2. The predicted molar refractivity (Wildman–Crippen MR) is 195 cm³/mol. The van der Waals surface area contributed by atoms with Crippen molar-refractivity contribution in [1.29, 1.82) is 0 Å². The number of pyridine rings is 1. The highest BCUT2D eigenvalue weighted by molar-refractivity contribution is 5.97. The summed E-state index contributed by atoms with van der Waals surface area (Å²) in [6.45, 7) is 7.05. The fourth-order valence-electron chi connectivity index (χ4n) is 8.41. The summed E-state index contributed by atoms with van der Waals surface area (Å²) in [7, 11) is 0. The van der Waals surface area contributed by atoms with E-state index >= 15 is 0 Å². The largest absolute Gasteiger partial charge is 0.264 e. The zero-order chi connectivity index (χ0) is 31.8. The first-order valence-corrected chi connectivity index (χ1v) is 16.5. The Morgan fingerprint density at radius 3 is 1.40 bits per heavy atom. The second-order valence-electron chi connectivity index (χ2n) is 13.7. The molecule has 6 aromatic carbocycles. The van der Waals surface area contributed by atoms with Gasteiger partial charge in [0.05, 0.1) is 5.41 Å². The van der Waals surface area contributed by atoms with Gasteiger partial charge in [-0.1, -0.05) is 147 Å². The molecule has 0 amide bonds. The first kappa shape index (κ1) is 27.8. The van der Waals surface area contributed by atoms with E-state index in [0.717, 1.165) is 5.56 Å². The van der Waals surface area contributed by atoms with Gasteiger partial charge in [0.1, 0.15) is 0 Å². The third-order valence-electron chi connectivity index (χ3n) is 10.7. The van der Waals surface area contributed by atoms with Crippen LogP contribution in [0.3, 0.4) is 0 Å². The minimum absolute atomic E-state index is 0.112. The number of aromatic nitrogens is 1. The molecule has 0 radical (unpaired) electrons. The third kappa shape index (κ3) is 3.99. The van der Waals surface area contributed by atoms with Crippen LogP contribution in [0.5, 0.6) is 0 Å². The molecule has 0 spiro atoms. The lowest BCUT2D eigenvalue weighted by Gasteiger charge is -2.37. The number of hydrogen-bond donors (Lipinski definition) is 0. The molecule has 0 atom stereocenters. The van der Waals surface area contributed by atoms with Crippen molar-refractivity contribution >= 4 is 0 Å². The normalized spacial score (nSPS) is 14.6. The molecule has 0 bridgehead atoms. The molecule has 1 heteroatoms. The maximum absolute atomic E-state index is 4.52. The van der Waals surface area contributed by atoms with E-state index in [1.54, 1.807) is 0 Å². The summed E-state index contributed by atoms with van der Waals surface area (Å²) in [6.07, 6.45) is 3.86. The number of rotatable bonds is 5. The van der Waals surface area contributed by atoms with Gasteiger partial charge in [-0.15, -0.1) is 0 Å². The number of aryl methyl sites for hydroxylation is 1. The SMILES string of the molecule is Cc1cc2c3c(c1)C(c1ccc(-c4ccccc4)cc1)(c1ccc(-c4ccccc4)cc1)c1cc(-c4cccnc4)cc(c1-3)C2(C)C. The van der Waals surface area contributed by atoms with Gasteiger partial charge in [0.15, 0.2) is 0 Å². The van der Waals surface area contributed by atoms with Crippen LogP contribution in [-0.4, -0.2) is 4.98 Å². The van der Waals surface area contributed by atoms with Gasteiger partial charge >= 0.3 is 0 Å². The Morgan fingerprint density at radius 1 is 0.426 bits per heavy atom. The molecule has 2 aliphatic carbocycles. The summed E-state index contributed by atoms with van der Waals surface area (Å²) in [4.78, 5) is 4.52.